The molecule has 20 heavy (non-hydrogen) atoms. The Morgan fingerprint density at radius 3 is 2.55 bits per heavy atom. The molecule has 1 fully saturated rings. The normalized spacial score (nSPS) is 21.8. The van der Waals surface area contributed by atoms with Gasteiger partial charge in [-0.25, -0.2) is 0 Å². The van der Waals surface area contributed by atoms with Gasteiger partial charge in [-0.1, -0.05) is 12.1 Å². The fourth-order valence-electron chi connectivity index (χ4n) is 2.42. The summed E-state index contributed by atoms with van der Waals surface area (Å²) in [5.74, 6) is -0.305. The number of aliphatic hydroxyl groups is 1. The van der Waals surface area contributed by atoms with E-state index in [-0.39, 0.29) is 18.4 Å². The van der Waals surface area contributed by atoms with Gasteiger partial charge in [-0.15, -0.1) is 0 Å². The SMILES string of the molecule is N#CCC(=O)Nc1ccccc1NC1CCC(O)CC1. The maximum atomic E-state index is 11.5. The molecule has 0 aromatic heterocycles. The predicted octanol–water partition coefficient (Wildman–Crippen LogP) is 2.25. The van der Waals surface area contributed by atoms with Crippen molar-refractivity contribution in [3.05, 3.63) is 24.3 Å². The largest absolute Gasteiger partial charge is 0.393 e. The van der Waals surface area contributed by atoms with Gasteiger partial charge in [-0.05, 0) is 37.8 Å². The highest BCUT2D eigenvalue weighted by molar-refractivity contribution is 5.95. The van der Waals surface area contributed by atoms with Crippen molar-refractivity contribution in [1.82, 2.24) is 0 Å². The first-order chi connectivity index (χ1) is 9.69. The molecular weight excluding hydrogens is 254 g/mol. The molecule has 1 aromatic rings. The molecule has 0 radical (unpaired) electrons. The summed E-state index contributed by atoms with van der Waals surface area (Å²) in [6.07, 6.45) is 3.12. The maximum absolute atomic E-state index is 11.5. The van der Waals surface area contributed by atoms with Crippen molar-refractivity contribution >= 4 is 17.3 Å². The van der Waals surface area contributed by atoms with Crippen molar-refractivity contribution in [2.45, 2.75) is 44.2 Å². The molecule has 1 aliphatic rings. The molecule has 0 bridgehead atoms. The number of benzene rings is 1. The van der Waals surface area contributed by atoms with Crippen LogP contribution in [0.4, 0.5) is 11.4 Å². The molecule has 1 aromatic carbocycles. The number of nitrogens with zero attached hydrogens (tertiary/aromatic N) is 1. The van der Waals surface area contributed by atoms with Crippen LogP contribution >= 0.6 is 0 Å². The molecule has 1 amide bonds. The Bertz CT molecular complexity index is 502. The lowest BCUT2D eigenvalue weighted by Gasteiger charge is -2.27. The number of anilines is 2. The zero-order valence-corrected chi connectivity index (χ0v) is 11.3. The second-order valence-corrected chi connectivity index (χ2v) is 5.08. The Labute approximate surface area is 118 Å². The van der Waals surface area contributed by atoms with Crippen LogP contribution in [0.15, 0.2) is 24.3 Å². The average Bonchev–Trinajstić information content (AvgIpc) is 2.44. The number of aliphatic hydroxyl groups excluding tert-OH is 1. The van der Waals surface area contributed by atoms with E-state index in [1.54, 1.807) is 0 Å². The Hall–Kier alpha value is -2.06. The third-order valence-electron chi connectivity index (χ3n) is 3.50. The molecular formula is C15H19N3O2. The quantitative estimate of drug-likeness (QED) is 0.785. The number of nitrogens with one attached hydrogen (secondary N) is 2. The molecule has 0 unspecified atom stereocenters. The van der Waals surface area contributed by atoms with Crippen molar-refractivity contribution in [3.8, 4) is 6.07 Å². The fourth-order valence-corrected chi connectivity index (χ4v) is 2.42. The lowest BCUT2D eigenvalue weighted by molar-refractivity contribution is -0.115. The zero-order valence-electron chi connectivity index (χ0n) is 11.3. The van der Waals surface area contributed by atoms with Crippen molar-refractivity contribution in [2.75, 3.05) is 10.6 Å². The van der Waals surface area contributed by atoms with Crippen molar-refractivity contribution in [2.24, 2.45) is 0 Å². The maximum Gasteiger partial charge on any atom is 0.238 e. The summed E-state index contributed by atoms with van der Waals surface area (Å²) in [5, 5.41) is 24.2. The van der Waals surface area contributed by atoms with E-state index >= 15 is 0 Å². The number of carbonyl (C=O) groups is 1. The lowest BCUT2D eigenvalue weighted by Crippen LogP contribution is -2.28. The minimum atomic E-state index is -0.305. The van der Waals surface area contributed by atoms with Gasteiger partial charge in [0.1, 0.15) is 6.42 Å². The summed E-state index contributed by atoms with van der Waals surface area (Å²) in [5.41, 5.74) is 1.55. The molecule has 106 valence electrons. The van der Waals surface area contributed by atoms with Crippen LogP contribution in [0.5, 0.6) is 0 Å². The molecule has 0 spiro atoms. The van der Waals surface area contributed by atoms with Crippen LogP contribution in [0.1, 0.15) is 32.1 Å². The van der Waals surface area contributed by atoms with Gasteiger partial charge in [-0.3, -0.25) is 4.79 Å². The number of carbonyl (C=O) groups excluding carboxylic acids is 1. The number of rotatable bonds is 4. The summed E-state index contributed by atoms with van der Waals surface area (Å²) in [6, 6.07) is 9.62. The summed E-state index contributed by atoms with van der Waals surface area (Å²) < 4.78 is 0. The molecule has 0 saturated heterocycles. The molecule has 0 atom stereocenters. The monoisotopic (exact) mass is 273 g/mol. The lowest BCUT2D eigenvalue weighted by atomic mass is 9.93. The predicted molar refractivity (Wildman–Crippen MR) is 77.2 cm³/mol. The van der Waals surface area contributed by atoms with E-state index < -0.39 is 0 Å². The molecule has 2 rings (SSSR count). The minimum absolute atomic E-state index is 0.149. The standard InChI is InChI=1S/C15H19N3O2/c16-10-9-15(20)18-14-4-2-1-3-13(14)17-11-5-7-12(19)8-6-11/h1-4,11-12,17,19H,5-9H2,(H,18,20). The van der Waals surface area contributed by atoms with Crippen LogP contribution in [-0.4, -0.2) is 23.2 Å². The van der Waals surface area contributed by atoms with Crippen molar-refractivity contribution in [3.63, 3.8) is 0 Å². The van der Waals surface area contributed by atoms with Gasteiger partial charge in [0.25, 0.3) is 0 Å². The fraction of sp³-hybridized carbons (Fsp3) is 0.467. The van der Waals surface area contributed by atoms with Gasteiger partial charge < -0.3 is 15.7 Å². The molecule has 3 N–H and O–H groups in total. The van der Waals surface area contributed by atoms with Crippen LogP contribution in [0, 0.1) is 11.3 Å². The van der Waals surface area contributed by atoms with Crippen LogP contribution < -0.4 is 10.6 Å². The Morgan fingerprint density at radius 1 is 1.25 bits per heavy atom. The van der Waals surface area contributed by atoms with Crippen LogP contribution in [0.3, 0.4) is 0 Å². The van der Waals surface area contributed by atoms with Crippen LogP contribution in [0.2, 0.25) is 0 Å². The number of amides is 1. The van der Waals surface area contributed by atoms with Gasteiger partial charge in [0.2, 0.25) is 5.91 Å². The molecule has 1 saturated carbocycles. The Kier molecular flexibility index (Phi) is 4.97. The Balaban J connectivity index is 2.00. The molecule has 5 heteroatoms. The van der Waals surface area contributed by atoms with Gasteiger partial charge in [-0.2, -0.15) is 5.26 Å². The highest BCUT2D eigenvalue weighted by Gasteiger charge is 2.19. The third-order valence-corrected chi connectivity index (χ3v) is 3.50. The van der Waals surface area contributed by atoms with Crippen LogP contribution in [-0.2, 0) is 4.79 Å². The highest BCUT2D eigenvalue weighted by Crippen LogP contribution is 2.26. The molecule has 1 aliphatic carbocycles. The molecule has 0 aliphatic heterocycles. The van der Waals surface area contributed by atoms with Crippen molar-refractivity contribution in [1.29, 1.82) is 5.26 Å². The molecule has 0 heterocycles. The van der Waals surface area contributed by atoms with E-state index in [1.165, 1.54) is 0 Å². The van der Waals surface area contributed by atoms with E-state index in [4.69, 9.17) is 5.26 Å². The number of para-hydroxylation sites is 2. The second-order valence-electron chi connectivity index (χ2n) is 5.08. The van der Waals surface area contributed by atoms with E-state index in [0.29, 0.717) is 11.7 Å². The summed E-state index contributed by atoms with van der Waals surface area (Å²) in [6.45, 7) is 0. The highest BCUT2D eigenvalue weighted by atomic mass is 16.3. The van der Waals surface area contributed by atoms with Gasteiger partial charge in [0.15, 0.2) is 0 Å². The number of nitriles is 1. The minimum Gasteiger partial charge on any atom is -0.393 e. The smallest absolute Gasteiger partial charge is 0.238 e. The zero-order chi connectivity index (χ0) is 14.4. The molecule has 5 nitrogen and oxygen atoms in total. The third kappa shape index (κ3) is 3.97. The van der Waals surface area contributed by atoms with E-state index in [0.717, 1.165) is 31.4 Å². The second kappa shape index (κ2) is 6.92. The number of hydrogen-bond acceptors (Lipinski definition) is 4. The van der Waals surface area contributed by atoms with Gasteiger partial charge in [0, 0.05) is 6.04 Å². The first-order valence-corrected chi connectivity index (χ1v) is 6.89. The average molecular weight is 273 g/mol. The Morgan fingerprint density at radius 2 is 1.90 bits per heavy atom. The van der Waals surface area contributed by atoms with Gasteiger partial charge >= 0.3 is 0 Å². The van der Waals surface area contributed by atoms with E-state index in [1.807, 2.05) is 30.3 Å². The first-order valence-electron chi connectivity index (χ1n) is 6.89. The van der Waals surface area contributed by atoms with Crippen molar-refractivity contribution < 1.29 is 9.90 Å². The van der Waals surface area contributed by atoms with Crippen LogP contribution in [0.25, 0.3) is 0 Å². The van der Waals surface area contributed by atoms with E-state index in [9.17, 15) is 9.90 Å². The van der Waals surface area contributed by atoms with Gasteiger partial charge in [0.05, 0.1) is 23.5 Å². The summed E-state index contributed by atoms with van der Waals surface area (Å²) in [7, 11) is 0. The summed E-state index contributed by atoms with van der Waals surface area (Å²) >= 11 is 0. The first kappa shape index (κ1) is 14.4. The topological polar surface area (TPSA) is 85.2 Å². The number of hydrogen-bond donors (Lipinski definition) is 3. The van der Waals surface area contributed by atoms with E-state index in [2.05, 4.69) is 10.6 Å². The summed E-state index contributed by atoms with van der Waals surface area (Å²) in [4.78, 5) is 11.5.